The maximum atomic E-state index is 12.2. The van der Waals surface area contributed by atoms with E-state index in [9.17, 15) is 4.79 Å². The first-order chi connectivity index (χ1) is 10.8. The van der Waals surface area contributed by atoms with Gasteiger partial charge in [-0.3, -0.25) is 9.78 Å². The molecule has 1 amide bonds. The van der Waals surface area contributed by atoms with Crippen LogP contribution < -0.4 is 5.32 Å². The van der Waals surface area contributed by atoms with E-state index >= 15 is 0 Å². The molecular weight excluding hydrogens is 292 g/mol. The van der Waals surface area contributed by atoms with Gasteiger partial charge in [-0.15, -0.1) is 11.3 Å². The van der Waals surface area contributed by atoms with Crippen molar-refractivity contribution in [3.63, 3.8) is 0 Å². The molecule has 0 radical (unpaired) electrons. The molecule has 2 heterocycles. The van der Waals surface area contributed by atoms with Crippen molar-refractivity contribution >= 4 is 17.2 Å². The topological polar surface area (TPSA) is 42.0 Å². The Balaban J connectivity index is 1.58. The summed E-state index contributed by atoms with van der Waals surface area (Å²) in [4.78, 5) is 18.0. The Labute approximate surface area is 133 Å². The number of benzene rings is 1. The van der Waals surface area contributed by atoms with Crippen LogP contribution in [0.5, 0.6) is 0 Å². The lowest BCUT2D eigenvalue weighted by Crippen LogP contribution is -2.24. The molecule has 1 aromatic carbocycles. The Hall–Kier alpha value is -2.46. The number of carbonyl (C=O) groups excluding carboxylic acids is 1. The summed E-state index contributed by atoms with van der Waals surface area (Å²) in [7, 11) is 0. The summed E-state index contributed by atoms with van der Waals surface area (Å²) in [6.45, 7) is 0.644. The third kappa shape index (κ3) is 3.59. The van der Waals surface area contributed by atoms with E-state index in [4.69, 9.17) is 0 Å². The first kappa shape index (κ1) is 14.5. The van der Waals surface area contributed by atoms with Gasteiger partial charge in [0.2, 0.25) is 0 Å². The highest BCUT2D eigenvalue weighted by Gasteiger charge is 2.09. The van der Waals surface area contributed by atoms with Crippen molar-refractivity contribution in [1.29, 1.82) is 0 Å². The predicted molar refractivity (Wildman–Crippen MR) is 90.0 cm³/mol. The van der Waals surface area contributed by atoms with Crippen molar-refractivity contribution in [3.05, 3.63) is 77.4 Å². The fourth-order valence-electron chi connectivity index (χ4n) is 2.18. The van der Waals surface area contributed by atoms with Gasteiger partial charge >= 0.3 is 0 Å². The van der Waals surface area contributed by atoms with E-state index in [0.29, 0.717) is 6.54 Å². The van der Waals surface area contributed by atoms with E-state index < -0.39 is 0 Å². The Morgan fingerprint density at radius 3 is 2.55 bits per heavy atom. The van der Waals surface area contributed by atoms with Gasteiger partial charge < -0.3 is 5.32 Å². The number of pyridine rings is 1. The highest BCUT2D eigenvalue weighted by molar-refractivity contribution is 7.17. The predicted octanol–water partition coefficient (Wildman–Crippen LogP) is 3.78. The van der Waals surface area contributed by atoms with Gasteiger partial charge in [-0.2, -0.15) is 0 Å². The summed E-state index contributed by atoms with van der Waals surface area (Å²) < 4.78 is 0. The van der Waals surface area contributed by atoms with Gasteiger partial charge in [-0.05, 0) is 41.8 Å². The maximum absolute atomic E-state index is 12.2. The van der Waals surface area contributed by atoms with Crippen LogP contribution in [0, 0.1) is 0 Å². The summed E-state index contributed by atoms with van der Waals surface area (Å²) in [5.74, 6) is -0.0127. The summed E-state index contributed by atoms with van der Waals surface area (Å²) in [6.07, 6.45) is 4.36. The highest BCUT2D eigenvalue weighted by Crippen LogP contribution is 2.27. The largest absolute Gasteiger partial charge is 0.351 e. The van der Waals surface area contributed by atoms with Crippen LogP contribution in [0.3, 0.4) is 0 Å². The summed E-state index contributed by atoms with van der Waals surface area (Å²) in [5, 5.41) is 2.97. The van der Waals surface area contributed by atoms with E-state index in [0.717, 1.165) is 21.7 Å². The van der Waals surface area contributed by atoms with E-state index in [1.165, 1.54) is 16.9 Å². The number of thiophene rings is 1. The van der Waals surface area contributed by atoms with Gasteiger partial charge in [0.15, 0.2) is 0 Å². The van der Waals surface area contributed by atoms with Gasteiger partial charge in [0.25, 0.3) is 5.91 Å². The highest BCUT2D eigenvalue weighted by atomic mass is 32.1. The molecule has 0 aliphatic carbocycles. The van der Waals surface area contributed by atoms with Crippen molar-refractivity contribution in [3.8, 4) is 10.4 Å². The van der Waals surface area contributed by atoms with Crippen LogP contribution in [0.2, 0.25) is 0 Å². The molecule has 3 nitrogen and oxygen atoms in total. The number of aromatic nitrogens is 1. The van der Waals surface area contributed by atoms with Crippen LogP contribution in [0.1, 0.15) is 15.2 Å². The molecule has 0 spiro atoms. The molecule has 3 rings (SSSR count). The third-order valence-electron chi connectivity index (χ3n) is 3.34. The summed E-state index contributed by atoms with van der Waals surface area (Å²) >= 11 is 1.50. The SMILES string of the molecule is O=C(NCCc1ccccc1)c1ccc(-c2ccncc2)s1. The quantitative estimate of drug-likeness (QED) is 0.779. The zero-order valence-corrected chi connectivity index (χ0v) is 12.8. The van der Waals surface area contributed by atoms with Crippen LogP contribution in [0.15, 0.2) is 67.0 Å². The number of amides is 1. The van der Waals surface area contributed by atoms with E-state index in [1.54, 1.807) is 12.4 Å². The molecule has 4 heteroatoms. The van der Waals surface area contributed by atoms with Crippen LogP contribution >= 0.6 is 11.3 Å². The summed E-state index contributed by atoms with van der Waals surface area (Å²) in [6, 6.07) is 17.9. The lowest BCUT2D eigenvalue weighted by molar-refractivity contribution is 0.0958. The minimum Gasteiger partial charge on any atom is -0.351 e. The molecule has 1 N–H and O–H groups in total. The fourth-order valence-corrected chi connectivity index (χ4v) is 3.11. The van der Waals surface area contributed by atoms with Crippen LogP contribution in [0.25, 0.3) is 10.4 Å². The Bertz CT molecular complexity index is 738. The number of nitrogens with one attached hydrogen (secondary N) is 1. The van der Waals surface area contributed by atoms with E-state index in [1.807, 2.05) is 42.5 Å². The first-order valence-corrected chi connectivity index (χ1v) is 7.97. The fraction of sp³-hybridized carbons (Fsp3) is 0.111. The average molecular weight is 308 g/mol. The number of carbonyl (C=O) groups is 1. The third-order valence-corrected chi connectivity index (χ3v) is 4.47. The molecule has 0 unspecified atom stereocenters. The molecule has 0 saturated carbocycles. The van der Waals surface area contributed by atoms with Crippen molar-refractivity contribution < 1.29 is 4.79 Å². The molecule has 0 saturated heterocycles. The second-order valence-electron chi connectivity index (χ2n) is 4.89. The number of hydrogen-bond acceptors (Lipinski definition) is 3. The molecule has 0 aliphatic heterocycles. The molecule has 110 valence electrons. The number of rotatable bonds is 5. The van der Waals surface area contributed by atoms with Gasteiger partial charge in [0.1, 0.15) is 0 Å². The normalized spacial score (nSPS) is 10.4. The van der Waals surface area contributed by atoms with Crippen LogP contribution in [0.4, 0.5) is 0 Å². The van der Waals surface area contributed by atoms with Crippen LogP contribution in [-0.4, -0.2) is 17.4 Å². The molecular formula is C18H16N2OS. The maximum Gasteiger partial charge on any atom is 0.261 e. The summed E-state index contributed by atoms with van der Waals surface area (Å²) in [5.41, 5.74) is 2.31. The smallest absolute Gasteiger partial charge is 0.261 e. The molecule has 0 fully saturated rings. The standard InChI is InChI=1S/C18H16N2OS/c21-18(20-13-8-14-4-2-1-3-5-14)17-7-6-16(22-17)15-9-11-19-12-10-15/h1-7,9-12H,8,13H2,(H,20,21). The first-order valence-electron chi connectivity index (χ1n) is 7.15. The molecule has 0 bridgehead atoms. The van der Waals surface area contributed by atoms with Crippen molar-refractivity contribution in [2.45, 2.75) is 6.42 Å². The van der Waals surface area contributed by atoms with Gasteiger partial charge in [-0.1, -0.05) is 30.3 Å². The zero-order chi connectivity index (χ0) is 15.2. The minimum absolute atomic E-state index is 0.0127. The number of nitrogens with zero attached hydrogens (tertiary/aromatic N) is 1. The lowest BCUT2D eigenvalue weighted by Gasteiger charge is -2.03. The Kier molecular flexibility index (Phi) is 4.61. The Morgan fingerprint density at radius 2 is 1.77 bits per heavy atom. The molecule has 3 aromatic rings. The molecule has 0 atom stereocenters. The number of hydrogen-bond donors (Lipinski definition) is 1. The average Bonchev–Trinajstić information content (AvgIpc) is 3.07. The molecule has 0 aliphatic rings. The van der Waals surface area contributed by atoms with E-state index in [-0.39, 0.29) is 5.91 Å². The molecule has 22 heavy (non-hydrogen) atoms. The van der Waals surface area contributed by atoms with Crippen LogP contribution in [-0.2, 0) is 6.42 Å². The Morgan fingerprint density at radius 1 is 1.00 bits per heavy atom. The second kappa shape index (κ2) is 7.00. The van der Waals surface area contributed by atoms with Gasteiger partial charge in [0.05, 0.1) is 4.88 Å². The van der Waals surface area contributed by atoms with Gasteiger partial charge in [0, 0.05) is 23.8 Å². The van der Waals surface area contributed by atoms with E-state index in [2.05, 4.69) is 22.4 Å². The lowest BCUT2D eigenvalue weighted by atomic mass is 10.1. The molecule has 2 aromatic heterocycles. The minimum atomic E-state index is -0.0127. The monoisotopic (exact) mass is 308 g/mol. The van der Waals surface area contributed by atoms with Crippen molar-refractivity contribution in [2.75, 3.05) is 6.54 Å². The van der Waals surface area contributed by atoms with Crippen molar-refractivity contribution in [2.24, 2.45) is 0 Å². The van der Waals surface area contributed by atoms with Gasteiger partial charge in [-0.25, -0.2) is 0 Å². The van der Waals surface area contributed by atoms with Crippen molar-refractivity contribution in [1.82, 2.24) is 10.3 Å². The second-order valence-corrected chi connectivity index (χ2v) is 5.98. The zero-order valence-electron chi connectivity index (χ0n) is 12.0.